The van der Waals surface area contributed by atoms with Crippen LogP contribution < -0.4 is 10.6 Å². The Hall–Kier alpha value is -2.15. The average Bonchev–Trinajstić information content (AvgIpc) is 3.00. The Morgan fingerprint density at radius 1 is 1.21 bits per heavy atom. The van der Waals surface area contributed by atoms with Crippen LogP contribution in [0.5, 0.6) is 0 Å². The van der Waals surface area contributed by atoms with E-state index in [1.807, 2.05) is 0 Å². The molecule has 0 amide bonds. The molecule has 1 fully saturated rings. The van der Waals surface area contributed by atoms with E-state index in [1.165, 1.54) is 12.1 Å². The average molecular weight is 336 g/mol. The summed E-state index contributed by atoms with van der Waals surface area (Å²) in [6, 6.07) is 7.08. The fourth-order valence-electron chi connectivity index (χ4n) is 2.92. The molecule has 1 atom stereocenters. The monoisotopic (exact) mass is 336 g/mol. The zero-order valence-corrected chi connectivity index (χ0v) is 13.3. The fraction of sp³-hybridized carbons (Fsp3) is 0.412. The predicted octanol–water partition coefficient (Wildman–Crippen LogP) is 3.61. The Morgan fingerprint density at radius 2 is 1.92 bits per heavy atom. The Labute approximate surface area is 138 Å². The summed E-state index contributed by atoms with van der Waals surface area (Å²) in [7, 11) is 0. The molecule has 0 saturated carbocycles. The highest BCUT2D eigenvalue weighted by atomic mass is 19.4. The molecule has 0 bridgehead atoms. The van der Waals surface area contributed by atoms with Crippen molar-refractivity contribution in [2.75, 3.05) is 11.4 Å². The van der Waals surface area contributed by atoms with Crippen molar-refractivity contribution < 1.29 is 13.2 Å². The lowest BCUT2D eigenvalue weighted by Gasteiger charge is -2.22. The molecule has 128 valence electrons. The van der Waals surface area contributed by atoms with Crippen molar-refractivity contribution in [1.29, 1.82) is 0 Å². The van der Waals surface area contributed by atoms with Crippen LogP contribution in [0, 0.1) is 0 Å². The molecule has 1 aliphatic rings. The van der Waals surface area contributed by atoms with Gasteiger partial charge in [0.25, 0.3) is 0 Å². The third-order valence-corrected chi connectivity index (χ3v) is 4.29. The quantitative estimate of drug-likeness (QED) is 0.930. The summed E-state index contributed by atoms with van der Waals surface area (Å²) in [6.07, 6.45) is -2.19. The van der Waals surface area contributed by atoms with E-state index in [-0.39, 0.29) is 6.54 Å². The van der Waals surface area contributed by atoms with E-state index in [1.54, 1.807) is 6.07 Å². The van der Waals surface area contributed by atoms with Crippen LogP contribution in [0.15, 0.2) is 30.3 Å². The van der Waals surface area contributed by atoms with Crippen molar-refractivity contribution in [2.24, 2.45) is 5.73 Å². The van der Waals surface area contributed by atoms with Crippen molar-refractivity contribution in [1.82, 2.24) is 9.97 Å². The van der Waals surface area contributed by atoms with Crippen molar-refractivity contribution in [3.8, 4) is 11.3 Å². The lowest BCUT2D eigenvalue weighted by Crippen LogP contribution is -2.28. The van der Waals surface area contributed by atoms with Crippen LogP contribution in [0.25, 0.3) is 11.3 Å². The second kappa shape index (κ2) is 6.39. The Balaban J connectivity index is 1.98. The van der Waals surface area contributed by atoms with Gasteiger partial charge in [-0.3, -0.25) is 0 Å². The molecule has 4 nitrogen and oxygen atoms in total. The lowest BCUT2D eigenvalue weighted by atomic mass is 10.1. The van der Waals surface area contributed by atoms with Gasteiger partial charge in [0.2, 0.25) is 5.95 Å². The first kappa shape index (κ1) is 16.7. The Bertz CT molecular complexity index is 713. The van der Waals surface area contributed by atoms with E-state index in [0.717, 1.165) is 31.5 Å². The summed E-state index contributed by atoms with van der Waals surface area (Å²) in [5.41, 5.74) is 6.93. The molecule has 3 rings (SSSR count). The van der Waals surface area contributed by atoms with Gasteiger partial charge in [-0.2, -0.15) is 13.2 Å². The molecule has 1 aromatic carbocycles. The van der Waals surface area contributed by atoms with Crippen LogP contribution in [0.3, 0.4) is 0 Å². The van der Waals surface area contributed by atoms with Gasteiger partial charge in [-0.15, -0.1) is 0 Å². The summed E-state index contributed by atoms with van der Waals surface area (Å²) in [6.45, 7) is 3.25. The van der Waals surface area contributed by atoms with Crippen LogP contribution in [-0.4, -0.2) is 22.6 Å². The molecule has 2 aromatic rings. The van der Waals surface area contributed by atoms with Crippen LogP contribution in [0.2, 0.25) is 0 Å². The van der Waals surface area contributed by atoms with Gasteiger partial charge in [0.05, 0.1) is 17.0 Å². The van der Waals surface area contributed by atoms with E-state index >= 15 is 0 Å². The molecule has 2 N–H and O–H groups in total. The molecule has 2 heterocycles. The molecule has 0 radical (unpaired) electrons. The van der Waals surface area contributed by atoms with Gasteiger partial charge in [-0.1, -0.05) is 12.1 Å². The van der Waals surface area contributed by atoms with Gasteiger partial charge in [0, 0.05) is 24.7 Å². The molecule has 24 heavy (non-hydrogen) atoms. The number of benzene rings is 1. The van der Waals surface area contributed by atoms with Gasteiger partial charge in [0.15, 0.2) is 0 Å². The second-order valence-corrected chi connectivity index (χ2v) is 6.01. The van der Waals surface area contributed by atoms with E-state index in [9.17, 15) is 13.2 Å². The number of anilines is 1. The first-order chi connectivity index (χ1) is 11.4. The highest BCUT2D eigenvalue weighted by Gasteiger charge is 2.30. The van der Waals surface area contributed by atoms with Gasteiger partial charge in [-0.25, -0.2) is 9.97 Å². The van der Waals surface area contributed by atoms with Crippen molar-refractivity contribution in [3.05, 3.63) is 41.6 Å². The minimum atomic E-state index is -4.34. The largest absolute Gasteiger partial charge is 0.416 e. The highest BCUT2D eigenvalue weighted by molar-refractivity contribution is 5.61. The van der Waals surface area contributed by atoms with Crippen molar-refractivity contribution in [3.63, 3.8) is 0 Å². The maximum Gasteiger partial charge on any atom is 0.416 e. The molecule has 1 saturated heterocycles. The maximum absolute atomic E-state index is 12.7. The van der Waals surface area contributed by atoms with Crippen LogP contribution in [-0.2, 0) is 12.7 Å². The second-order valence-electron chi connectivity index (χ2n) is 6.01. The molecule has 1 aliphatic heterocycles. The van der Waals surface area contributed by atoms with E-state index in [4.69, 9.17) is 5.73 Å². The van der Waals surface area contributed by atoms with Crippen molar-refractivity contribution in [2.45, 2.75) is 38.5 Å². The fourth-order valence-corrected chi connectivity index (χ4v) is 2.92. The van der Waals surface area contributed by atoms with Gasteiger partial charge < -0.3 is 10.6 Å². The summed E-state index contributed by atoms with van der Waals surface area (Å²) in [4.78, 5) is 11.1. The van der Waals surface area contributed by atoms with Gasteiger partial charge in [-0.05, 0) is 38.0 Å². The van der Waals surface area contributed by atoms with Gasteiger partial charge >= 0.3 is 6.18 Å². The number of nitrogens with two attached hydrogens (primary N) is 1. The number of hydrogen-bond donors (Lipinski definition) is 1. The standard InChI is InChI=1S/C17H19F3N4/c1-11-3-2-8-24(11)16-22-14(10-21)9-15(23-16)12-4-6-13(7-5-12)17(18,19)20/h4-7,9,11H,2-3,8,10,21H2,1H3/t11-/m1/s1. The normalized spacial score (nSPS) is 18.2. The third kappa shape index (κ3) is 3.36. The van der Waals surface area contributed by atoms with E-state index in [2.05, 4.69) is 21.8 Å². The minimum absolute atomic E-state index is 0.255. The maximum atomic E-state index is 12.7. The molecular weight excluding hydrogens is 317 g/mol. The smallest absolute Gasteiger partial charge is 0.338 e. The number of halogens is 3. The third-order valence-electron chi connectivity index (χ3n) is 4.29. The van der Waals surface area contributed by atoms with Crippen LogP contribution in [0.4, 0.5) is 19.1 Å². The van der Waals surface area contributed by atoms with E-state index < -0.39 is 11.7 Å². The first-order valence-corrected chi connectivity index (χ1v) is 7.91. The Kier molecular flexibility index (Phi) is 4.45. The van der Waals surface area contributed by atoms with E-state index in [0.29, 0.717) is 28.9 Å². The first-order valence-electron chi connectivity index (χ1n) is 7.91. The highest BCUT2D eigenvalue weighted by Crippen LogP contribution is 2.31. The lowest BCUT2D eigenvalue weighted by molar-refractivity contribution is -0.137. The number of alkyl halides is 3. The number of hydrogen-bond acceptors (Lipinski definition) is 4. The molecule has 7 heteroatoms. The number of aromatic nitrogens is 2. The molecule has 0 unspecified atom stereocenters. The van der Waals surface area contributed by atoms with Crippen LogP contribution in [0.1, 0.15) is 31.0 Å². The predicted molar refractivity (Wildman–Crippen MR) is 86.4 cm³/mol. The number of nitrogens with zero attached hydrogens (tertiary/aromatic N) is 3. The summed E-state index contributed by atoms with van der Waals surface area (Å²) in [5, 5.41) is 0. The van der Waals surface area contributed by atoms with Crippen LogP contribution >= 0.6 is 0 Å². The van der Waals surface area contributed by atoms with Crippen molar-refractivity contribution >= 4 is 5.95 Å². The Morgan fingerprint density at radius 3 is 2.46 bits per heavy atom. The molecule has 0 aliphatic carbocycles. The minimum Gasteiger partial charge on any atom is -0.338 e. The molecular formula is C17H19F3N4. The SMILES string of the molecule is C[C@@H]1CCCN1c1nc(CN)cc(-c2ccc(C(F)(F)F)cc2)n1. The zero-order chi connectivity index (χ0) is 17.3. The number of rotatable bonds is 3. The summed E-state index contributed by atoms with van der Waals surface area (Å²) < 4.78 is 38.1. The zero-order valence-electron chi connectivity index (χ0n) is 13.3. The topological polar surface area (TPSA) is 55.0 Å². The summed E-state index contributed by atoms with van der Waals surface area (Å²) in [5.74, 6) is 0.595. The van der Waals surface area contributed by atoms with Gasteiger partial charge in [0.1, 0.15) is 0 Å². The summed E-state index contributed by atoms with van der Waals surface area (Å²) >= 11 is 0. The molecule has 1 aromatic heterocycles. The molecule has 0 spiro atoms.